The summed E-state index contributed by atoms with van der Waals surface area (Å²) in [6.45, 7) is 0. The second-order valence-corrected chi connectivity index (χ2v) is 3.83. The molecule has 0 radical (unpaired) electrons. The van der Waals surface area contributed by atoms with Gasteiger partial charge in [-0.05, 0) is 12.0 Å². The predicted octanol–water partition coefficient (Wildman–Crippen LogP) is 1.83. The topological polar surface area (TPSA) is 83.8 Å². The smallest absolute Gasteiger partial charge is 0.479 e. The highest BCUT2D eigenvalue weighted by atomic mass is 19.4. The van der Waals surface area contributed by atoms with Gasteiger partial charge < -0.3 is 19.7 Å². The van der Waals surface area contributed by atoms with Crippen LogP contribution in [0.4, 0.5) is 13.2 Å². The average Bonchev–Trinajstić information content (AvgIpc) is 2.34. The van der Waals surface area contributed by atoms with Gasteiger partial charge in [0, 0.05) is 12.0 Å². The number of ether oxygens (including phenoxy) is 1. The average molecular weight is 292 g/mol. The summed E-state index contributed by atoms with van der Waals surface area (Å²) in [4.78, 5) is 21.0. The lowest BCUT2D eigenvalue weighted by Crippen LogP contribution is -2.21. The van der Waals surface area contributed by atoms with Crippen molar-refractivity contribution in [3.8, 4) is 5.75 Å². The van der Waals surface area contributed by atoms with Gasteiger partial charge in [-0.3, -0.25) is 0 Å². The molecule has 0 spiro atoms. The molecule has 1 aromatic rings. The van der Waals surface area contributed by atoms with E-state index in [0.29, 0.717) is 6.29 Å². The Hall–Kier alpha value is -2.09. The number of carbonyl (C=O) groups excluding carboxylic acids is 1. The van der Waals surface area contributed by atoms with E-state index in [1.165, 1.54) is 12.1 Å². The summed E-state index contributed by atoms with van der Waals surface area (Å²) in [7, 11) is 0. The second-order valence-electron chi connectivity index (χ2n) is 3.83. The first-order valence-electron chi connectivity index (χ1n) is 5.48. The number of alkyl halides is 3. The van der Waals surface area contributed by atoms with Gasteiger partial charge in [-0.25, -0.2) is 4.79 Å². The third kappa shape index (κ3) is 4.23. The third-order valence-corrected chi connectivity index (χ3v) is 2.40. The quantitative estimate of drug-likeness (QED) is 0.781. The fraction of sp³-hybridized carbons (Fsp3) is 0.333. The molecular formula is C12H11F3O5. The molecule has 0 aromatic heterocycles. The van der Waals surface area contributed by atoms with Crippen LogP contribution in [0, 0.1) is 0 Å². The largest absolute Gasteiger partial charge is 0.573 e. The van der Waals surface area contributed by atoms with Crippen LogP contribution < -0.4 is 4.74 Å². The van der Waals surface area contributed by atoms with Crippen LogP contribution in [0.15, 0.2) is 18.2 Å². The molecule has 0 aliphatic carbocycles. The summed E-state index contributed by atoms with van der Waals surface area (Å²) in [6, 6.07) is 3.57. The zero-order chi connectivity index (χ0) is 15.3. The Kier molecular flexibility index (Phi) is 5.09. The molecule has 1 aromatic carbocycles. The Balaban J connectivity index is 3.27. The number of para-hydroxylation sites is 1. The van der Waals surface area contributed by atoms with Gasteiger partial charge in [0.2, 0.25) is 0 Å². The molecule has 0 bridgehead atoms. The molecule has 0 saturated heterocycles. The maximum Gasteiger partial charge on any atom is 0.573 e. The molecule has 1 unspecified atom stereocenters. The van der Waals surface area contributed by atoms with E-state index in [2.05, 4.69) is 4.74 Å². The normalized spacial score (nSPS) is 12.8. The Morgan fingerprint density at radius 3 is 2.55 bits per heavy atom. The zero-order valence-electron chi connectivity index (χ0n) is 10.1. The lowest BCUT2D eigenvalue weighted by Gasteiger charge is -2.18. The van der Waals surface area contributed by atoms with Crippen LogP contribution in [0.3, 0.4) is 0 Å². The SMILES string of the molecule is O=CCCc1cccc(C(O)C(=O)O)c1OC(F)(F)F. The van der Waals surface area contributed by atoms with Crippen molar-refractivity contribution in [2.75, 3.05) is 0 Å². The minimum Gasteiger partial charge on any atom is -0.479 e. The van der Waals surface area contributed by atoms with Gasteiger partial charge in [0.25, 0.3) is 0 Å². The number of aliphatic carboxylic acids is 1. The number of rotatable bonds is 6. The zero-order valence-corrected chi connectivity index (χ0v) is 10.1. The minimum atomic E-state index is -5.04. The Bertz CT molecular complexity index is 498. The highest BCUT2D eigenvalue weighted by Gasteiger charge is 2.35. The van der Waals surface area contributed by atoms with Crippen molar-refractivity contribution >= 4 is 12.3 Å². The van der Waals surface area contributed by atoms with Crippen LogP contribution in [0.2, 0.25) is 0 Å². The predicted molar refractivity (Wildman–Crippen MR) is 60.1 cm³/mol. The first kappa shape index (κ1) is 16.0. The van der Waals surface area contributed by atoms with Crippen LogP contribution in [-0.2, 0) is 16.0 Å². The lowest BCUT2D eigenvalue weighted by molar-refractivity contribution is -0.275. The first-order chi connectivity index (χ1) is 9.26. The molecule has 0 fully saturated rings. The highest BCUT2D eigenvalue weighted by molar-refractivity contribution is 5.75. The number of aliphatic hydroxyl groups is 1. The number of halogens is 3. The van der Waals surface area contributed by atoms with Gasteiger partial charge in [-0.1, -0.05) is 18.2 Å². The molecular weight excluding hydrogens is 281 g/mol. The van der Waals surface area contributed by atoms with Gasteiger partial charge in [0.05, 0.1) is 0 Å². The first-order valence-corrected chi connectivity index (χ1v) is 5.48. The van der Waals surface area contributed by atoms with Gasteiger partial charge in [0.15, 0.2) is 6.10 Å². The number of hydrogen-bond donors (Lipinski definition) is 2. The van der Waals surface area contributed by atoms with E-state index in [-0.39, 0.29) is 18.4 Å². The summed E-state index contributed by atoms with van der Waals surface area (Å²) in [5.41, 5.74) is -0.523. The van der Waals surface area contributed by atoms with Crippen molar-refractivity contribution < 1.29 is 37.7 Å². The van der Waals surface area contributed by atoms with Gasteiger partial charge in [0.1, 0.15) is 12.0 Å². The summed E-state index contributed by atoms with van der Waals surface area (Å²) in [5.74, 6) is -2.48. The van der Waals surface area contributed by atoms with E-state index in [9.17, 15) is 27.9 Å². The lowest BCUT2D eigenvalue weighted by atomic mass is 10.0. The van der Waals surface area contributed by atoms with Crippen molar-refractivity contribution in [1.29, 1.82) is 0 Å². The monoisotopic (exact) mass is 292 g/mol. The van der Waals surface area contributed by atoms with Crippen LogP contribution in [0.25, 0.3) is 0 Å². The third-order valence-electron chi connectivity index (χ3n) is 2.40. The van der Waals surface area contributed by atoms with E-state index < -0.39 is 29.7 Å². The second kappa shape index (κ2) is 6.38. The Morgan fingerprint density at radius 2 is 2.05 bits per heavy atom. The van der Waals surface area contributed by atoms with Gasteiger partial charge in [-0.2, -0.15) is 0 Å². The maximum absolute atomic E-state index is 12.4. The molecule has 0 heterocycles. The molecule has 0 aliphatic rings. The van der Waals surface area contributed by atoms with E-state index in [4.69, 9.17) is 5.11 Å². The fourth-order valence-corrected chi connectivity index (χ4v) is 1.60. The number of hydrogen-bond acceptors (Lipinski definition) is 4. The number of benzene rings is 1. The molecule has 0 amide bonds. The Labute approximate surface area is 111 Å². The summed E-state index contributed by atoms with van der Waals surface area (Å²) in [5, 5.41) is 18.1. The molecule has 8 heteroatoms. The fourth-order valence-electron chi connectivity index (χ4n) is 1.60. The molecule has 1 atom stereocenters. The van der Waals surface area contributed by atoms with Crippen molar-refractivity contribution in [3.05, 3.63) is 29.3 Å². The summed E-state index contributed by atoms with van der Waals surface area (Å²) >= 11 is 0. The molecule has 1 rings (SSSR count). The molecule has 2 N–H and O–H groups in total. The number of aliphatic hydroxyl groups excluding tert-OH is 1. The number of carbonyl (C=O) groups is 2. The van der Waals surface area contributed by atoms with Crippen LogP contribution in [0.1, 0.15) is 23.7 Å². The van der Waals surface area contributed by atoms with E-state index >= 15 is 0 Å². The van der Waals surface area contributed by atoms with E-state index in [1.54, 1.807) is 0 Å². The number of aryl methyl sites for hydroxylation is 1. The van der Waals surface area contributed by atoms with Gasteiger partial charge in [-0.15, -0.1) is 13.2 Å². The van der Waals surface area contributed by atoms with E-state index in [0.717, 1.165) is 6.07 Å². The van der Waals surface area contributed by atoms with Gasteiger partial charge >= 0.3 is 12.3 Å². The molecule has 0 saturated carbocycles. The minimum absolute atomic E-state index is 0.00720. The van der Waals surface area contributed by atoms with Crippen LogP contribution in [-0.4, -0.2) is 28.8 Å². The van der Waals surface area contributed by atoms with Crippen molar-refractivity contribution in [2.24, 2.45) is 0 Å². The number of carboxylic acids is 1. The molecule has 0 aliphatic heterocycles. The number of carboxylic acid groups (broad SMARTS) is 1. The standard InChI is InChI=1S/C12H11F3O5/c13-12(14,15)20-10-7(4-2-6-16)3-1-5-8(10)9(17)11(18)19/h1,3,5-6,9,17H,2,4H2,(H,18,19). The molecule has 5 nitrogen and oxygen atoms in total. The maximum atomic E-state index is 12.4. The van der Waals surface area contributed by atoms with Crippen molar-refractivity contribution in [2.45, 2.75) is 25.3 Å². The van der Waals surface area contributed by atoms with Crippen LogP contribution >= 0.6 is 0 Å². The summed E-state index contributed by atoms with van der Waals surface area (Å²) in [6.07, 6.45) is -6.79. The molecule has 20 heavy (non-hydrogen) atoms. The highest BCUT2D eigenvalue weighted by Crippen LogP contribution is 2.34. The van der Waals surface area contributed by atoms with Crippen molar-refractivity contribution in [1.82, 2.24) is 0 Å². The van der Waals surface area contributed by atoms with Crippen molar-refractivity contribution in [3.63, 3.8) is 0 Å². The van der Waals surface area contributed by atoms with Crippen LogP contribution in [0.5, 0.6) is 5.75 Å². The summed E-state index contributed by atoms with van der Waals surface area (Å²) < 4.78 is 40.9. The Morgan fingerprint density at radius 1 is 1.40 bits per heavy atom. The molecule has 110 valence electrons. The number of aldehydes is 1. The van der Waals surface area contributed by atoms with E-state index in [1.807, 2.05) is 0 Å².